The zero-order chi connectivity index (χ0) is 14.0. The number of alkyl halides is 1. The SMILES string of the molecule is CC(C)OC(=O)c1cnc2c(CCl)cccn2c1=O. The van der Waals surface area contributed by atoms with Crippen molar-refractivity contribution in [1.82, 2.24) is 9.38 Å². The standard InChI is InChI=1S/C13H13ClN2O3/c1-8(2)19-13(18)10-7-15-11-9(6-14)4-3-5-16(11)12(10)17/h3-5,7-8H,6H2,1-2H3. The summed E-state index contributed by atoms with van der Waals surface area (Å²) in [5, 5.41) is 0. The first-order valence-electron chi connectivity index (χ1n) is 5.80. The lowest BCUT2D eigenvalue weighted by molar-refractivity contribution is 0.0375. The van der Waals surface area contributed by atoms with Crippen molar-refractivity contribution in [2.75, 3.05) is 0 Å². The molecule has 0 spiro atoms. The average molecular weight is 281 g/mol. The number of hydrogen-bond acceptors (Lipinski definition) is 4. The fraction of sp³-hybridized carbons (Fsp3) is 0.308. The number of halogens is 1. The molecule has 0 unspecified atom stereocenters. The predicted molar refractivity (Wildman–Crippen MR) is 71.6 cm³/mol. The van der Waals surface area contributed by atoms with E-state index in [1.807, 2.05) is 0 Å². The summed E-state index contributed by atoms with van der Waals surface area (Å²) in [5.74, 6) is -0.426. The number of ether oxygens (including phenoxy) is 1. The van der Waals surface area contributed by atoms with E-state index in [4.69, 9.17) is 16.3 Å². The Morgan fingerprint density at radius 1 is 1.53 bits per heavy atom. The Hall–Kier alpha value is -1.88. The van der Waals surface area contributed by atoms with E-state index in [9.17, 15) is 9.59 Å². The Morgan fingerprint density at radius 2 is 2.26 bits per heavy atom. The minimum absolute atomic E-state index is 0.0853. The van der Waals surface area contributed by atoms with E-state index < -0.39 is 11.5 Å². The van der Waals surface area contributed by atoms with Crippen molar-refractivity contribution in [2.45, 2.75) is 25.8 Å². The van der Waals surface area contributed by atoms with Gasteiger partial charge in [-0.3, -0.25) is 9.20 Å². The summed E-state index contributed by atoms with van der Waals surface area (Å²) >= 11 is 5.78. The fourth-order valence-corrected chi connectivity index (χ4v) is 1.90. The summed E-state index contributed by atoms with van der Waals surface area (Å²) in [7, 11) is 0. The number of fused-ring (bicyclic) bond motifs is 1. The first kappa shape index (κ1) is 13.5. The number of carbonyl (C=O) groups excluding carboxylic acids is 1. The highest BCUT2D eigenvalue weighted by atomic mass is 35.5. The Kier molecular flexibility index (Phi) is 3.85. The van der Waals surface area contributed by atoms with Crippen molar-refractivity contribution >= 4 is 23.2 Å². The summed E-state index contributed by atoms with van der Waals surface area (Å²) in [6.07, 6.45) is 2.49. The maximum absolute atomic E-state index is 12.2. The molecule has 0 aliphatic heterocycles. The molecule has 0 N–H and O–H groups in total. The molecule has 2 aromatic heterocycles. The zero-order valence-corrected chi connectivity index (χ0v) is 11.3. The van der Waals surface area contributed by atoms with Gasteiger partial charge in [-0.15, -0.1) is 11.6 Å². The maximum atomic E-state index is 12.2. The van der Waals surface area contributed by atoms with Crippen LogP contribution in [0.1, 0.15) is 29.8 Å². The van der Waals surface area contributed by atoms with E-state index in [1.165, 1.54) is 10.6 Å². The van der Waals surface area contributed by atoms with Gasteiger partial charge in [0.1, 0.15) is 11.2 Å². The van der Waals surface area contributed by atoms with Crippen LogP contribution in [0.5, 0.6) is 0 Å². The van der Waals surface area contributed by atoms with E-state index in [2.05, 4.69) is 4.98 Å². The largest absolute Gasteiger partial charge is 0.459 e. The maximum Gasteiger partial charge on any atom is 0.345 e. The molecule has 100 valence electrons. The molecule has 0 saturated carbocycles. The molecular weight excluding hydrogens is 268 g/mol. The third kappa shape index (κ3) is 2.61. The van der Waals surface area contributed by atoms with Crippen LogP contribution in [0.15, 0.2) is 29.3 Å². The second-order valence-corrected chi connectivity index (χ2v) is 4.56. The molecule has 2 aromatic rings. The molecule has 0 radical (unpaired) electrons. The molecule has 0 amide bonds. The average Bonchev–Trinajstić information content (AvgIpc) is 2.37. The van der Waals surface area contributed by atoms with Gasteiger partial charge in [0.15, 0.2) is 0 Å². The first-order chi connectivity index (χ1) is 9.04. The van der Waals surface area contributed by atoms with Crippen molar-refractivity contribution in [2.24, 2.45) is 0 Å². The highest BCUT2D eigenvalue weighted by molar-refractivity contribution is 6.17. The quantitative estimate of drug-likeness (QED) is 0.637. The van der Waals surface area contributed by atoms with Crippen LogP contribution in [-0.2, 0) is 10.6 Å². The smallest absolute Gasteiger partial charge is 0.345 e. The number of esters is 1. The Labute approximate surface area is 114 Å². The Bertz CT molecular complexity index is 679. The van der Waals surface area contributed by atoms with Crippen LogP contribution in [0, 0.1) is 0 Å². The van der Waals surface area contributed by atoms with Crippen molar-refractivity contribution in [3.63, 3.8) is 0 Å². The normalized spacial score (nSPS) is 10.9. The highest BCUT2D eigenvalue weighted by Gasteiger charge is 2.16. The van der Waals surface area contributed by atoms with Gasteiger partial charge in [-0.05, 0) is 19.9 Å². The molecule has 0 saturated heterocycles. The third-order valence-corrected chi connectivity index (χ3v) is 2.81. The topological polar surface area (TPSA) is 60.7 Å². The lowest BCUT2D eigenvalue weighted by Crippen LogP contribution is -2.26. The van der Waals surface area contributed by atoms with Crippen LogP contribution in [0.2, 0.25) is 0 Å². The minimum Gasteiger partial charge on any atom is -0.459 e. The Balaban J connectivity index is 2.59. The van der Waals surface area contributed by atoms with Crippen molar-refractivity contribution < 1.29 is 9.53 Å². The lowest BCUT2D eigenvalue weighted by Gasteiger charge is -2.09. The molecule has 0 aliphatic carbocycles. The number of rotatable bonds is 3. The summed E-state index contributed by atoms with van der Waals surface area (Å²) < 4.78 is 6.30. The van der Waals surface area contributed by atoms with Gasteiger partial charge in [0.25, 0.3) is 5.56 Å². The van der Waals surface area contributed by atoms with Crippen LogP contribution in [0.3, 0.4) is 0 Å². The minimum atomic E-state index is -0.668. The van der Waals surface area contributed by atoms with Gasteiger partial charge >= 0.3 is 5.97 Å². The second kappa shape index (κ2) is 5.40. The van der Waals surface area contributed by atoms with Crippen molar-refractivity contribution in [1.29, 1.82) is 0 Å². The molecule has 0 fully saturated rings. The molecule has 6 heteroatoms. The van der Waals surface area contributed by atoms with Crippen LogP contribution >= 0.6 is 11.6 Å². The highest BCUT2D eigenvalue weighted by Crippen LogP contribution is 2.10. The van der Waals surface area contributed by atoms with Gasteiger partial charge in [-0.2, -0.15) is 0 Å². The van der Waals surface area contributed by atoms with E-state index in [-0.39, 0.29) is 17.5 Å². The molecule has 0 aliphatic rings. The third-order valence-electron chi connectivity index (χ3n) is 2.52. The van der Waals surface area contributed by atoms with Crippen LogP contribution in [-0.4, -0.2) is 21.5 Å². The van der Waals surface area contributed by atoms with Gasteiger partial charge in [0.2, 0.25) is 0 Å². The molecule has 5 nitrogen and oxygen atoms in total. The van der Waals surface area contributed by atoms with Crippen LogP contribution < -0.4 is 5.56 Å². The van der Waals surface area contributed by atoms with Gasteiger partial charge in [0.05, 0.1) is 12.0 Å². The monoisotopic (exact) mass is 280 g/mol. The van der Waals surface area contributed by atoms with Gasteiger partial charge in [0, 0.05) is 18.0 Å². The summed E-state index contributed by atoms with van der Waals surface area (Å²) in [4.78, 5) is 28.1. The number of carbonyl (C=O) groups is 1. The Morgan fingerprint density at radius 3 is 2.89 bits per heavy atom. The molecule has 19 heavy (non-hydrogen) atoms. The number of pyridine rings is 1. The van der Waals surface area contributed by atoms with Gasteiger partial charge in [-0.1, -0.05) is 6.07 Å². The van der Waals surface area contributed by atoms with E-state index in [1.54, 1.807) is 32.2 Å². The predicted octanol–water partition coefficient (Wildman–Crippen LogP) is 2.00. The van der Waals surface area contributed by atoms with E-state index >= 15 is 0 Å². The van der Waals surface area contributed by atoms with Crippen LogP contribution in [0.25, 0.3) is 5.65 Å². The first-order valence-corrected chi connectivity index (χ1v) is 6.34. The summed E-state index contributed by atoms with van der Waals surface area (Å²) in [5.41, 5.74) is 0.633. The van der Waals surface area contributed by atoms with Crippen LogP contribution in [0.4, 0.5) is 0 Å². The van der Waals surface area contributed by atoms with E-state index in [0.29, 0.717) is 5.65 Å². The molecule has 2 rings (SSSR count). The number of nitrogens with zero attached hydrogens (tertiary/aromatic N) is 2. The van der Waals surface area contributed by atoms with Crippen molar-refractivity contribution in [3.8, 4) is 0 Å². The number of aromatic nitrogens is 2. The summed E-state index contributed by atoms with van der Waals surface area (Å²) in [6, 6.07) is 3.46. The van der Waals surface area contributed by atoms with Gasteiger partial charge in [-0.25, -0.2) is 9.78 Å². The van der Waals surface area contributed by atoms with Gasteiger partial charge < -0.3 is 4.74 Å². The van der Waals surface area contributed by atoms with Crippen molar-refractivity contribution in [3.05, 3.63) is 46.0 Å². The fourth-order valence-electron chi connectivity index (χ4n) is 1.69. The second-order valence-electron chi connectivity index (χ2n) is 4.29. The molecule has 0 bridgehead atoms. The number of hydrogen-bond donors (Lipinski definition) is 0. The molecular formula is C13H13ClN2O3. The lowest BCUT2D eigenvalue weighted by atomic mass is 10.2. The van der Waals surface area contributed by atoms with E-state index in [0.717, 1.165) is 5.56 Å². The molecule has 2 heterocycles. The molecule has 0 atom stereocenters. The molecule has 0 aromatic carbocycles. The zero-order valence-electron chi connectivity index (χ0n) is 10.6. The summed E-state index contributed by atoms with van der Waals surface area (Å²) in [6.45, 7) is 3.44.